The second-order valence-electron chi connectivity index (χ2n) is 4.80. The minimum atomic E-state index is -0.792. The first-order valence-corrected chi connectivity index (χ1v) is 6.47. The predicted molar refractivity (Wildman–Crippen MR) is 73.7 cm³/mol. The number of hydrogen-bond acceptors (Lipinski definition) is 3. The molecule has 1 aromatic rings. The molecule has 1 aliphatic rings. The van der Waals surface area contributed by atoms with E-state index in [1.165, 1.54) is 0 Å². The summed E-state index contributed by atoms with van der Waals surface area (Å²) in [5, 5.41) is 11.6. The Morgan fingerprint density at radius 2 is 2.00 bits per heavy atom. The largest absolute Gasteiger partial charge is 0.490 e. The van der Waals surface area contributed by atoms with Crippen LogP contribution in [-0.2, 0) is 4.79 Å². The van der Waals surface area contributed by atoms with Gasteiger partial charge in [-0.15, -0.1) is 0 Å². The van der Waals surface area contributed by atoms with Crippen molar-refractivity contribution in [1.29, 1.82) is 0 Å². The first-order chi connectivity index (χ1) is 9.60. The molecule has 0 unspecified atom stereocenters. The van der Waals surface area contributed by atoms with E-state index >= 15 is 0 Å². The number of nitrogens with one attached hydrogen (secondary N) is 1. The van der Waals surface area contributed by atoms with Crippen molar-refractivity contribution in [2.45, 2.75) is 18.9 Å². The van der Waals surface area contributed by atoms with E-state index in [2.05, 4.69) is 11.9 Å². The number of rotatable bonds is 6. The summed E-state index contributed by atoms with van der Waals surface area (Å²) in [6.07, 6.45) is 2.65. The normalized spacial score (nSPS) is 20.6. The molecular weight excluding hydrogens is 258 g/mol. The van der Waals surface area contributed by atoms with Gasteiger partial charge < -0.3 is 15.2 Å². The molecule has 0 spiro atoms. The highest BCUT2D eigenvalue weighted by Crippen LogP contribution is 2.27. The number of carboxylic acid groups (broad SMARTS) is 1. The van der Waals surface area contributed by atoms with Gasteiger partial charge in [0.25, 0.3) is 5.91 Å². The van der Waals surface area contributed by atoms with Gasteiger partial charge in [0.05, 0.1) is 5.92 Å². The zero-order valence-corrected chi connectivity index (χ0v) is 11.0. The minimum absolute atomic E-state index is 0.0414. The number of hydrogen-bond donors (Lipinski definition) is 2. The first-order valence-electron chi connectivity index (χ1n) is 6.47. The van der Waals surface area contributed by atoms with Gasteiger partial charge in [-0.2, -0.15) is 0 Å². The number of carboxylic acids is 1. The molecule has 0 saturated heterocycles. The van der Waals surface area contributed by atoms with Crippen LogP contribution < -0.4 is 10.1 Å². The topological polar surface area (TPSA) is 75.6 Å². The Labute approximate surface area is 117 Å². The van der Waals surface area contributed by atoms with E-state index in [-0.39, 0.29) is 17.9 Å². The molecule has 1 aromatic carbocycles. The van der Waals surface area contributed by atoms with Crippen LogP contribution in [0.15, 0.2) is 36.9 Å². The maximum Gasteiger partial charge on any atom is 0.306 e. The smallest absolute Gasteiger partial charge is 0.306 e. The molecule has 1 fully saturated rings. The van der Waals surface area contributed by atoms with Crippen molar-refractivity contribution in [2.24, 2.45) is 5.92 Å². The van der Waals surface area contributed by atoms with Crippen molar-refractivity contribution < 1.29 is 19.4 Å². The van der Waals surface area contributed by atoms with Gasteiger partial charge in [-0.25, -0.2) is 0 Å². The fraction of sp³-hybridized carbons (Fsp3) is 0.333. The van der Waals surface area contributed by atoms with E-state index in [0.29, 0.717) is 30.8 Å². The maximum absolute atomic E-state index is 11.9. The summed E-state index contributed by atoms with van der Waals surface area (Å²) < 4.78 is 5.33. The third-order valence-electron chi connectivity index (χ3n) is 3.31. The predicted octanol–water partition coefficient (Wildman–Crippen LogP) is 1.84. The quantitative estimate of drug-likeness (QED) is 0.777. The molecule has 1 aliphatic carbocycles. The summed E-state index contributed by atoms with van der Waals surface area (Å²) in [5.41, 5.74) is 0.537. The molecule has 0 atom stereocenters. The van der Waals surface area contributed by atoms with E-state index in [9.17, 15) is 9.59 Å². The molecule has 20 heavy (non-hydrogen) atoms. The SMILES string of the molecule is C=CCOc1ccc(C(=O)NC2CC(C(=O)O)C2)cc1. The van der Waals surface area contributed by atoms with Crippen molar-refractivity contribution in [3.63, 3.8) is 0 Å². The number of ether oxygens (including phenoxy) is 1. The van der Waals surface area contributed by atoms with Crippen LogP contribution in [0.3, 0.4) is 0 Å². The van der Waals surface area contributed by atoms with Gasteiger partial charge in [0.1, 0.15) is 12.4 Å². The lowest BCUT2D eigenvalue weighted by atomic mass is 9.80. The Hall–Kier alpha value is -2.30. The standard InChI is InChI=1S/C15H17NO4/c1-2-7-20-13-5-3-10(4-6-13)14(17)16-12-8-11(9-12)15(18)19/h2-6,11-12H,1,7-9H2,(H,16,17)(H,18,19). The van der Waals surface area contributed by atoms with Crippen LogP contribution in [0, 0.1) is 5.92 Å². The molecule has 106 valence electrons. The van der Waals surface area contributed by atoms with Crippen molar-refractivity contribution in [1.82, 2.24) is 5.32 Å². The molecule has 0 radical (unpaired) electrons. The fourth-order valence-corrected chi connectivity index (χ4v) is 2.06. The van der Waals surface area contributed by atoms with Crippen LogP contribution in [0.4, 0.5) is 0 Å². The molecule has 2 rings (SSSR count). The molecule has 0 aromatic heterocycles. The van der Waals surface area contributed by atoms with Crippen molar-refractivity contribution in [3.8, 4) is 5.75 Å². The highest BCUT2D eigenvalue weighted by atomic mass is 16.5. The monoisotopic (exact) mass is 275 g/mol. The van der Waals surface area contributed by atoms with Crippen LogP contribution in [0.25, 0.3) is 0 Å². The number of benzene rings is 1. The van der Waals surface area contributed by atoms with E-state index < -0.39 is 5.97 Å². The highest BCUT2D eigenvalue weighted by molar-refractivity contribution is 5.94. The molecule has 0 heterocycles. The molecule has 0 bridgehead atoms. The summed E-state index contributed by atoms with van der Waals surface area (Å²) in [5.74, 6) is -0.626. The van der Waals surface area contributed by atoms with Gasteiger partial charge >= 0.3 is 5.97 Å². The highest BCUT2D eigenvalue weighted by Gasteiger charge is 2.35. The van der Waals surface area contributed by atoms with Crippen LogP contribution in [0.1, 0.15) is 23.2 Å². The lowest BCUT2D eigenvalue weighted by molar-refractivity contribution is -0.145. The van der Waals surface area contributed by atoms with Crippen LogP contribution in [0.5, 0.6) is 5.75 Å². The maximum atomic E-state index is 11.9. The van der Waals surface area contributed by atoms with Gasteiger partial charge in [0, 0.05) is 11.6 Å². The van der Waals surface area contributed by atoms with E-state index in [4.69, 9.17) is 9.84 Å². The summed E-state index contributed by atoms with van der Waals surface area (Å²) >= 11 is 0. The third-order valence-corrected chi connectivity index (χ3v) is 3.31. The van der Waals surface area contributed by atoms with Gasteiger partial charge in [-0.3, -0.25) is 9.59 Å². The first kappa shape index (κ1) is 14.1. The van der Waals surface area contributed by atoms with Gasteiger partial charge in [0.2, 0.25) is 0 Å². The second kappa shape index (κ2) is 6.23. The Morgan fingerprint density at radius 3 is 2.55 bits per heavy atom. The van der Waals surface area contributed by atoms with Crippen molar-refractivity contribution in [2.75, 3.05) is 6.61 Å². The molecule has 1 amide bonds. The zero-order valence-electron chi connectivity index (χ0n) is 11.0. The van der Waals surface area contributed by atoms with Gasteiger partial charge in [0.15, 0.2) is 0 Å². The number of amides is 1. The van der Waals surface area contributed by atoms with Crippen molar-refractivity contribution >= 4 is 11.9 Å². The second-order valence-corrected chi connectivity index (χ2v) is 4.80. The Morgan fingerprint density at radius 1 is 1.35 bits per heavy atom. The molecular formula is C15H17NO4. The van der Waals surface area contributed by atoms with Crippen LogP contribution in [-0.4, -0.2) is 29.6 Å². The summed E-state index contributed by atoms with van der Waals surface area (Å²) in [6, 6.07) is 6.76. The molecule has 0 aliphatic heterocycles. The summed E-state index contributed by atoms with van der Waals surface area (Å²) in [6.45, 7) is 3.98. The summed E-state index contributed by atoms with van der Waals surface area (Å²) in [7, 11) is 0. The molecule has 2 N–H and O–H groups in total. The van der Waals surface area contributed by atoms with Crippen LogP contribution in [0.2, 0.25) is 0 Å². The van der Waals surface area contributed by atoms with Crippen molar-refractivity contribution in [3.05, 3.63) is 42.5 Å². The van der Waals surface area contributed by atoms with Gasteiger partial charge in [-0.1, -0.05) is 12.7 Å². The third kappa shape index (κ3) is 3.38. The summed E-state index contributed by atoms with van der Waals surface area (Å²) in [4.78, 5) is 22.6. The Kier molecular flexibility index (Phi) is 4.40. The van der Waals surface area contributed by atoms with E-state index in [1.807, 2.05) is 0 Å². The minimum Gasteiger partial charge on any atom is -0.490 e. The Bertz CT molecular complexity index is 503. The van der Waals surface area contributed by atoms with E-state index in [0.717, 1.165) is 0 Å². The fourth-order valence-electron chi connectivity index (χ4n) is 2.06. The average Bonchev–Trinajstić information content (AvgIpc) is 2.40. The molecule has 1 saturated carbocycles. The van der Waals surface area contributed by atoms with Gasteiger partial charge in [-0.05, 0) is 37.1 Å². The zero-order chi connectivity index (χ0) is 14.5. The average molecular weight is 275 g/mol. The number of carbonyl (C=O) groups is 2. The molecule has 5 heteroatoms. The van der Waals surface area contributed by atoms with Crippen LogP contribution >= 0.6 is 0 Å². The Balaban J connectivity index is 1.84. The lowest BCUT2D eigenvalue weighted by Crippen LogP contribution is -2.46. The molecule has 5 nitrogen and oxygen atoms in total. The lowest BCUT2D eigenvalue weighted by Gasteiger charge is -2.32. The number of aliphatic carboxylic acids is 1. The van der Waals surface area contributed by atoms with E-state index in [1.54, 1.807) is 30.3 Å². The number of carbonyl (C=O) groups excluding carboxylic acids is 1.